The largest absolute Gasteiger partial charge is 0.292 e. The van der Waals surface area contributed by atoms with E-state index in [2.05, 4.69) is 132 Å². The molecule has 0 unspecified atom stereocenters. The Balaban J connectivity index is 1.39. The van der Waals surface area contributed by atoms with Gasteiger partial charge in [-0.05, 0) is 63.4 Å². The maximum Gasteiger partial charge on any atom is 0.165 e. The smallest absolute Gasteiger partial charge is 0.165 e. The van der Waals surface area contributed by atoms with Crippen LogP contribution >= 0.6 is 11.3 Å². The minimum atomic E-state index is 0.844. The topological polar surface area (TPSA) is 30.7 Å². The second-order valence-electron chi connectivity index (χ2n) is 12.1. The summed E-state index contributed by atoms with van der Waals surface area (Å²) >= 11 is 1.91. The Bertz CT molecular complexity index is 2910. The van der Waals surface area contributed by atoms with E-state index >= 15 is 0 Å². The molecule has 4 heteroatoms. The molecule has 1 aliphatic rings. The molecule has 0 atom stereocenters. The zero-order valence-corrected chi connectivity index (χ0v) is 25.3. The van der Waals surface area contributed by atoms with Crippen molar-refractivity contribution in [2.24, 2.45) is 0 Å². The van der Waals surface area contributed by atoms with Gasteiger partial charge in [-0.15, -0.1) is 11.3 Å². The van der Waals surface area contributed by atoms with Crippen molar-refractivity contribution in [1.82, 2.24) is 14.5 Å². The second kappa shape index (κ2) is 8.87. The zero-order valence-electron chi connectivity index (χ0n) is 24.5. The lowest BCUT2D eigenvalue weighted by Crippen LogP contribution is -2.03. The highest BCUT2D eigenvalue weighted by atomic mass is 32.1. The Morgan fingerprint density at radius 2 is 1.15 bits per heavy atom. The van der Waals surface area contributed by atoms with Gasteiger partial charge in [0.15, 0.2) is 5.82 Å². The molecule has 11 rings (SSSR count). The molecule has 0 aliphatic heterocycles. The average Bonchev–Trinajstić information content (AvgIpc) is 3.63. The van der Waals surface area contributed by atoms with Crippen molar-refractivity contribution in [2.75, 3.05) is 0 Å². The predicted molar refractivity (Wildman–Crippen MR) is 194 cm³/mol. The van der Waals surface area contributed by atoms with Gasteiger partial charge in [0.25, 0.3) is 0 Å². The Morgan fingerprint density at radius 3 is 1.98 bits per heavy atom. The first-order valence-corrected chi connectivity index (χ1v) is 16.4. The molecule has 10 aromatic rings. The maximum atomic E-state index is 5.38. The van der Waals surface area contributed by atoms with Gasteiger partial charge in [-0.3, -0.25) is 4.57 Å². The molecule has 7 aromatic carbocycles. The predicted octanol–water partition coefficient (Wildman–Crippen LogP) is 11.6. The molecule has 0 saturated heterocycles. The number of para-hydroxylation sites is 3. The maximum absolute atomic E-state index is 5.38. The Kier molecular flexibility index (Phi) is 4.72. The highest BCUT2D eigenvalue weighted by molar-refractivity contribution is 7.27. The van der Waals surface area contributed by atoms with E-state index in [0.29, 0.717) is 0 Å². The monoisotopic (exact) mass is 601 g/mol. The summed E-state index contributed by atoms with van der Waals surface area (Å²) in [4.78, 5) is 10.6. The third-order valence-electron chi connectivity index (χ3n) is 9.70. The van der Waals surface area contributed by atoms with E-state index in [0.717, 1.165) is 39.1 Å². The van der Waals surface area contributed by atoms with Crippen LogP contribution in [0.2, 0.25) is 0 Å². The molecule has 0 fully saturated rings. The van der Waals surface area contributed by atoms with Gasteiger partial charge < -0.3 is 0 Å². The molecule has 1 aliphatic carbocycles. The minimum absolute atomic E-state index is 0.844. The van der Waals surface area contributed by atoms with Gasteiger partial charge in [-0.2, -0.15) is 0 Å². The first-order valence-electron chi connectivity index (χ1n) is 15.6. The lowest BCUT2D eigenvalue weighted by atomic mass is 9.93. The van der Waals surface area contributed by atoms with E-state index < -0.39 is 0 Å². The van der Waals surface area contributed by atoms with Gasteiger partial charge in [-0.25, -0.2) is 9.97 Å². The van der Waals surface area contributed by atoms with Crippen molar-refractivity contribution in [1.29, 1.82) is 0 Å². The SMILES string of the molecule is c1ccc(-c2nc3ccccc3nc2-n2c3ccccc3c3c4sc5cccc6c5c4c(cc32)-c2cccc3cccc-6c23)cc1. The fourth-order valence-corrected chi connectivity index (χ4v) is 9.13. The van der Waals surface area contributed by atoms with Crippen LogP contribution in [0.3, 0.4) is 0 Å². The van der Waals surface area contributed by atoms with E-state index in [-0.39, 0.29) is 0 Å². The van der Waals surface area contributed by atoms with Crippen molar-refractivity contribution in [2.45, 2.75) is 0 Å². The molecule has 46 heavy (non-hydrogen) atoms. The Labute approximate surface area is 267 Å². The van der Waals surface area contributed by atoms with Crippen LogP contribution in [0.25, 0.3) is 103 Å². The van der Waals surface area contributed by atoms with Crippen molar-refractivity contribution >= 4 is 75.1 Å². The average molecular weight is 602 g/mol. The summed E-state index contributed by atoms with van der Waals surface area (Å²) < 4.78 is 5.01. The summed E-state index contributed by atoms with van der Waals surface area (Å²) in [6.07, 6.45) is 0. The first-order chi connectivity index (χ1) is 22.8. The van der Waals surface area contributed by atoms with Gasteiger partial charge in [0.05, 0.1) is 22.1 Å². The van der Waals surface area contributed by atoms with Crippen LogP contribution in [0.1, 0.15) is 0 Å². The molecule has 0 spiro atoms. The van der Waals surface area contributed by atoms with Crippen LogP contribution < -0.4 is 0 Å². The highest BCUT2D eigenvalue weighted by Crippen LogP contribution is 2.54. The van der Waals surface area contributed by atoms with E-state index in [4.69, 9.17) is 9.97 Å². The standard InChI is InChI=1S/C42H23N3S/c1-2-11-25(12-3-1)40-42(44-32-20-6-5-19-31(32)43-40)45-33-21-7-4-15-29(33)37-34(45)23-30-28-17-9-14-24-13-8-16-26(36(24)28)27-18-10-22-35-38(27)39(30)41(37)46-35/h1-23H. The minimum Gasteiger partial charge on any atom is -0.292 e. The van der Waals surface area contributed by atoms with Crippen LogP contribution in [0.5, 0.6) is 0 Å². The molecule has 3 aromatic heterocycles. The van der Waals surface area contributed by atoms with Gasteiger partial charge in [0.1, 0.15) is 5.69 Å². The number of nitrogens with zero attached hydrogens (tertiary/aromatic N) is 3. The Hall–Kier alpha value is -5.84. The number of hydrogen-bond acceptors (Lipinski definition) is 3. The van der Waals surface area contributed by atoms with E-state index in [1.807, 2.05) is 23.5 Å². The lowest BCUT2D eigenvalue weighted by Gasteiger charge is -2.15. The summed E-state index contributed by atoms with van der Waals surface area (Å²) in [7, 11) is 0. The first kappa shape index (κ1) is 24.5. The van der Waals surface area contributed by atoms with E-state index in [9.17, 15) is 0 Å². The van der Waals surface area contributed by atoms with Crippen LogP contribution in [-0.4, -0.2) is 14.5 Å². The van der Waals surface area contributed by atoms with Crippen LogP contribution in [0, 0.1) is 0 Å². The molecule has 0 radical (unpaired) electrons. The Morgan fingerprint density at radius 1 is 0.478 bits per heavy atom. The molecule has 3 nitrogen and oxygen atoms in total. The van der Waals surface area contributed by atoms with Crippen molar-refractivity contribution in [3.8, 4) is 39.3 Å². The molecular formula is C42H23N3S. The summed E-state index contributed by atoms with van der Waals surface area (Å²) in [5.74, 6) is 0.844. The molecule has 212 valence electrons. The summed E-state index contributed by atoms with van der Waals surface area (Å²) in [6, 6.07) is 50.2. The van der Waals surface area contributed by atoms with E-state index in [1.165, 1.54) is 64.0 Å². The molecule has 0 amide bonds. The number of aromatic nitrogens is 3. The zero-order chi connectivity index (χ0) is 29.9. The summed E-state index contributed by atoms with van der Waals surface area (Å²) in [5.41, 5.74) is 11.1. The van der Waals surface area contributed by atoms with Crippen molar-refractivity contribution in [3.63, 3.8) is 0 Å². The normalized spacial score (nSPS) is 12.3. The second-order valence-corrected chi connectivity index (χ2v) is 13.2. The highest BCUT2D eigenvalue weighted by Gasteiger charge is 2.27. The number of fused-ring (bicyclic) bond motifs is 7. The molecule has 0 N–H and O–H groups in total. The van der Waals surface area contributed by atoms with Crippen molar-refractivity contribution in [3.05, 3.63) is 140 Å². The van der Waals surface area contributed by atoms with Gasteiger partial charge in [-0.1, -0.05) is 109 Å². The van der Waals surface area contributed by atoms with Crippen molar-refractivity contribution < 1.29 is 0 Å². The van der Waals surface area contributed by atoms with Crippen LogP contribution in [0.4, 0.5) is 0 Å². The summed E-state index contributed by atoms with van der Waals surface area (Å²) in [5, 5.41) is 7.79. The quantitative estimate of drug-likeness (QED) is 0.197. The lowest BCUT2D eigenvalue weighted by molar-refractivity contribution is 1.08. The van der Waals surface area contributed by atoms with Crippen LogP contribution in [-0.2, 0) is 0 Å². The molecular weight excluding hydrogens is 579 g/mol. The van der Waals surface area contributed by atoms with E-state index in [1.54, 1.807) is 0 Å². The molecule has 3 heterocycles. The summed E-state index contributed by atoms with van der Waals surface area (Å²) in [6.45, 7) is 0. The number of thiophene rings is 1. The fourth-order valence-electron chi connectivity index (χ4n) is 7.82. The van der Waals surface area contributed by atoms with Gasteiger partial charge in [0, 0.05) is 36.5 Å². The molecule has 0 saturated carbocycles. The molecule has 0 bridgehead atoms. The third kappa shape index (κ3) is 3.11. The third-order valence-corrected chi connectivity index (χ3v) is 10.9. The van der Waals surface area contributed by atoms with Gasteiger partial charge >= 0.3 is 0 Å². The van der Waals surface area contributed by atoms with Crippen LogP contribution in [0.15, 0.2) is 140 Å². The fraction of sp³-hybridized carbons (Fsp3) is 0. The number of rotatable bonds is 2. The number of benzene rings is 7. The number of hydrogen-bond donors (Lipinski definition) is 0. The van der Waals surface area contributed by atoms with Gasteiger partial charge in [0.2, 0.25) is 0 Å².